The van der Waals surface area contributed by atoms with Crippen molar-refractivity contribution in [3.8, 4) is 5.75 Å². The standard InChI is InChI=1S/C11H16N2O3/c1-11(2,3)16-10(15)13-9-5-4-7(14)6-8(9)12/h4-6,14H,12H2,1-3H3,(H,13,15). The minimum absolute atomic E-state index is 0.0484. The van der Waals surface area contributed by atoms with Gasteiger partial charge in [0.1, 0.15) is 11.4 Å². The Balaban J connectivity index is 2.70. The van der Waals surface area contributed by atoms with Gasteiger partial charge in [0.15, 0.2) is 0 Å². The van der Waals surface area contributed by atoms with Crippen molar-refractivity contribution in [2.24, 2.45) is 0 Å². The molecule has 16 heavy (non-hydrogen) atoms. The van der Waals surface area contributed by atoms with E-state index in [4.69, 9.17) is 15.6 Å². The molecular weight excluding hydrogens is 208 g/mol. The molecule has 0 aliphatic carbocycles. The third-order valence-corrected chi connectivity index (χ3v) is 1.67. The molecule has 5 nitrogen and oxygen atoms in total. The number of phenols is 1. The molecule has 0 saturated carbocycles. The van der Waals surface area contributed by atoms with Gasteiger partial charge in [0.05, 0.1) is 11.4 Å². The SMILES string of the molecule is CC(C)(C)OC(=O)Nc1ccc(O)cc1N. The first-order valence-electron chi connectivity index (χ1n) is 4.86. The van der Waals surface area contributed by atoms with Gasteiger partial charge < -0.3 is 15.6 Å². The number of rotatable bonds is 1. The smallest absolute Gasteiger partial charge is 0.412 e. The molecule has 0 fully saturated rings. The van der Waals surface area contributed by atoms with Crippen LogP contribution in [0.5, 0.6) is 5.75 Å². The summed E-state index contributed by atoms with van der Waals surface area (Å²) in [5.74, 6) is 0.0484. The number of ether oxygens (including phenoxy) is 1. The molecule has 5 heteroatoms. The maximum Gasteiger partial charge on any atom is 0.412 e. The van der Waals surface area contributed by atoms with Crippen molar-refractivity contribution >= 4 is 17.5 Å². The largest absolute Gasteiger partial charge is 0.508 e. The fourth-order valence-electron chi connectivity index (χ4n) is 1.08. The van der Waals surface area contributed by atoms with Crippen LogP contribution in [0.2, 0.25) is 0 Å². The quantitative estimate of drug-likeness (QED) is 0.505. The first-order chi connectivity index (χ1) is 7.28. The van der Waals surface area contributed by atoms with Gasteiger partial charge in [0.2, 0.25) is 0 Å². The maximum atomic E-state index is 11.4. The molecule has 0 radical (unpaired) electrons. The van der Waals surface area contributed by atoms with E-state index in [1.54, 1.807) is 20.8 Å². The Hall–Kier alpha value is -1.91. The Kier molecular flexibility index (Phi) is 3.27. The second-order valence-electron chi connectivity index (χ2n) is 4.40. The molecule has 4 N–H and O–H groups in total. The fraction of sp³-hybridized carbons (Fsp3) is 0.364. The van der Waals surface area contributed by atoms with Crippen LogP contribution in [0.4, 0.5) is 16.2 Å². The van der Waals surface area contributed by atoms with Crippen molar-refractivity contribution in [2.75, 3.05) is 11.1 Å². The zero-order valence-corrected chi connectivity index (χ0v) is 9.57. The molecule has 0 aliphatic heterocycles. The van der Waals surface area contributed by atoms with Crippen LogP contribution in [0, 0.1) is 0 Å². The number of nitrogen functional groups attached to an aromatic ring is 1. The van der Waals surface area contributed by atoms with E-state index in [0.717, 1.165) is 0 Å². The average molecular weight is 224 g/mol. The highest BCUT2D eigenvalue weighted by Gasteiger charge is 2.16. The van der Waals surface area contributed by atoms with E-state index in [1.165, 1.54) is 18.2 Å². The summed E-state index contributed by atoms with van der Waals surface area (Å²) in [5, 5.41) is 11.6. The number of anilines is 2. The molecule has 0 spiro atoms. The van der Waals surface area contributed by atoms with Gasteiger partial charge in [0.25, 0.3) is 0 Å². The highest BCUT2D eigenvalue weighted by molar-refractivity contribution is 5.89. The van der Waals surface area contributed by atoms with E-state index in [0.29, 0.717) is 5.69 Å². The zero-order chi connectivity index (χ0) is 12.3. The second-order valence-corrected chi connectivity index (χ2v) is 4.40. The molecule has 0 aromatic heterocycles. The Bertz CT molecular complexity index is 397. The van der Waals surface area contributed by atoms with Crippen molar-refractivity contribution in [1.82, 2.24) is 0 Å². The van der Waals surface area contributed by atoms with Gasteiger partial charge >= 0.3 is 6.09 Å². The van der Waals surface area contributed by atoms with Crippen molar-refractivity contribution in [3.05, 3.63) is 18.2 Å². The van der Waals surface area contributed by atoms with Gasteiger partial charge in [-0.1, -0.05) is 0 Å². The van der Waals surface area contributed by atoms with Crippen molar-refractivity contribution in [3.63, 3.8) is 0 Å². The summed E-state index contributed by atoms with van der Waals surface area (Å²) in [5.41, 5.74) is 5.74. The van der Waals surface area contributed by atoms with Crippen molar-refractivity contribution in [2.45, 2.75) is 26.4 Å². The highest BCUT2D eigenvalue weighted by atomic mass is 16.6. The summed E-state index contributed by atoms with van der Waals surface area (Å²) >= 11 is 0. The average Bonchev–Trinajstić information content (AvgIpc) is 2.06. The van der Waals surface area contributed by atoms with Crippen LogP contribution in [0.3, 0.4) is 0 Å². The minimum Gasteiger partial charge on any atom is -0.508 e. The molecule has 1 amide bonds. The molecule has 0 atom stereocenters. The molecule has 1 rings (SSSR count). The Morgan fingerprint density at radius 1 is 1.44 bits per heavy atom. The number of phenolic OH excluding ortho intramolecular Hbond substituents is 1. The molecule has 88 valence electrons. The number of carbonyl (C=O) groups is 1. The van der Waals surface area contributed by atoms with Gasteiger partial charge in [0, 0.05) is 6.07 Å². The molecule has 0 aliphatic rings. The Morgan fingerprint density at radius 3 is 2.56 bits per heavy atom. The predicted octanol–water partition coefficient (Wildman–Crippen LogP) is 2.32. The summed E-state index contributed by atoms with van der Waals surface area (Å²) < 4.78 is 5.06. The molecule has 0 unspecified atom stereocenters. The number of benzene rings is 1. The summed E-state index contributed by atoms with van der Waals surface area (Å²) in [6, 6.07) is 4.30. The first-order valence-corrected chi connectivity index (χ1v) is 4.86. The lowest BCUT2D eigenvalue weighted by atomic mass is 10.2. The first kappa shape index (κ1) is 12.2. The van der Waals surface area contributed by atoms with E-state index in [9.17, 15) is 4.79 Å². The van der Waals surface area contributed by atoms with E-state index >= 15 is 0 Å². The van der Waals surface area contributed by atoms with E-state index in [1.807, 2.05) is 0 Å². The van der Waals surface area contributed by atoms with E-state index in [2.05, 4.69) is 5.32 Å². The number of hydrogen-bond acceptors (Lipinski definition) is 4. The van der Waals surface area contributed by atoms with E-state index in [-0.39, 0.29) is 11.4 Å². The minimum atomic E-state index is -0.579. The van der Waals surface area contributed by atoms with Crippen LogP contribution in [0.25, 0.3) is 0 Å². The van der Waals surface area contributed by atoms with Crippen molar-refractivity contribution < 1.29 is 14.6 Å². The van der Waals surface area contributed by atoms with Crippen LogP contribution in [-0.4, -0.2) is 16.8 Å². The lowest BCUT2D eigenvalue weighted by Gasteiger charge is -2.20. The highest BCUT2D eigenvalue weighted by Crippen LogP contribution is 2.23. The summed E-state index contributed by atoms with van der Waals surface area (Å²) in [6.07, 6.45) is -0.579. The van der Waals surface area contributed by atoms with Crippen molar-refractivity contribution in [1.29, 1.82) is 0 Å². The van der Waals surface area contributed by atoms with Gasteiger partial charge in [-0.2, -0.15) is 0 Å². The monoisotopic (exact) mass is 224 g/mol. The number of nitrogens with one attached hydrogen (secondary N) is 1. The van der Waals surface area contributed by atoms with Crippen LogP contribution < -0.4 is 11.1 Å². The van der Waals surface area contributed by atoms with Crippen LogP contribution in [0.1, 0.15) is 20.8 Å². The molecule has 0 bridgehead atoms. The maximum absolute atomic E-state index is 11.4. The number of amides is 1. The number of carbonyl (C=O) groups excluding carboxylic acids is 1. The molecule has 0 saturated heterocycles. The summed E-state index contributed by atoms with van der Waals surface area (Å²) in [6.45, 7) is 5.31. The van der Waals surface area contributed by atoms with Gasteiger partial charge in [-0.25, -0.2) is 4.79 Å². The van der Waals surface area contributed by atoms with E-state index < -0.39 is 11.7 Å². The van der Waals surface area contributed by atoms with Crippen LogP contribution >= 0.6 is 0 Å². The van der Waals surface area contributed by atoms with Crippen LogP contribution in [-0.2, 0) is 4.74 Å². The third-order valence-electron chi connectivity index (χ3n) is 1.67. The number of nitrogens with two attached hydrogens (primary N) is 1. The summed E-state index contributed by atoms with van der Waals surface area (Å²) in [4.78, 5) is 11.4. The third kappa shape index (κ3) is 3.68. The molecule has 0 heterocycles. The lowest BCUT2D eigenvalue weighted by molar-refractivity contribution is 0.0636. The molecule has 1 aromatic carbocycles. The summed E-state index contributed by atoms with van der Waals surface area (Å²) in [7, 11) is 0. The number of hydrogen-bond donors (Lipinski definition) is 3. The fourth-order valence-corrected chi connectivity index (χ4v) is 1.08. The van der Waals surface area contributed by atoms with Crippen LogP contribution in [0.15, 0.2) is 18.2 Å². The lowest BCUT2D eigenvalue weighted by Crippen LogP contribution is -2.27. The molecule has 1 aromatic rings. The molecular formula is C11H16N2O3. The Morgan fingerprint density at radius 2 is 2.06 bits per heavy atom. The predicted molar refractivity (Wildman–Crippen MR) is 62.4 cm³/mol. The van der Waals surface area contributed by atoms with Gasteiger partial charge in [-0.3, -0.25) is 5.32 Å². The normalized spacial score (nSPS) is 10.9. The zero-order valence-electron chi connectivity index (χ0n) is 9.57. The van der Waals surface area contributed by atoms with Gasteiger partial charge in [-0.15, -0.1) is 0 Å². The number of aromatic hydroxyl groups is 1. The topological polar surface area (TPSA) is 84.6 Å². The Labute approximate surface area is 94.2 Å². The second kappa shape index (κ2) is 4.30. The van der Waals surface area contributed by atoms with Gasteiger partial charge in [-0.05, 0) is 32.9 Å².